The topological polar surface area (TPSA) is 74.4 Å². The molecule has 0 saturated carbocycles. The van der Waals surface area contributed by atoms with Gasteiger partial charge in [-0.15, -0.1) is 11.3 Å². The summed E-state index contributed by atoms with van der Waals surface area (Å²) < 4.78 is 7.57. The minimum Gasteiger partial charge on any atom is -0.485 e. The van der Waals surface area contributed by atoms with E-state index in [0.717, 1.165) is 17.9 Å². The number of nitrogens with zero attached hydrogens (tertiary/aromatic N) is 2. The third kappa shape index (κ3) is 3.83. The first-order valence-electron chi connectivity index (χ1n) is 8.05. The summed E-state index contributed by atoms with van der Waals surface area (Å²) in [4.78, 5) is 24.1. The van der Waals surface area contributed by atoms with Crippen molar-refractivity contribution in [3.8, 4) is 5.75 Å². The van der Waals surface area contributed by atoms with E-state index < -0.39 is 4.92 Å². The lowest BCUT2D eigenvalue weighted by Crippen LogP contribution is -2.13. The molecule has 3 rings (SSSR count). The van der Waals surface area contributed by atoms with Crippen LogP contribution in [0.1, 0.15) is 26.6 Å². The molecule has 0 spiro atoms. The summed E-state index contributed by atoms with van der Waals surface area (Å²) >= 11 is 1.68. The summed E-state index contributed by atoms with van der Waals surface area (Å²) in [5, 5.41) is 12.8. The first kappa shape index (κ1) is 17.9. The predicted octanol–water partition coefficient (Wildman–Crippen LogP) is 4.38. The van der Waals surface area contributed by atoms with Gasteiger partial charge in [0.15, 0.2) is 6.61 Å². The van der Waals surface area contributed by atoms with Crippen LogP contribution < -0.4 is 4.74 Å². The van der Waals surface area contributed by atoms with Crippen molar-refractivity contribution in [2.24, 2.45) is 0 Å². The van der Waals surface area contributed by atoms with Crippen LogP contribution in [0.5, 0.6) is 5.75 Å². The fourth-order valence-corrected chi connectivity index (χ4v) is 3.49. The van der Waals surface area contributed by atoms with Crippen LogP contribution in [0.25, 0.3) is 0 Å². The number of nitro groups is 1. The molecule has 1 aromatic carbocycles. The second-order valence-corrected chi connectivity index (χ2v) is 6.95. The van der Waals surface area contributed by atoms with Gasteiger partial charge in [0.25, 0.3) is 5.69 Å². The van der Waals surface area contributed by atoms with Gasteiger partial charge < -0.3 is 9.30 Å². The van der Waals surface area contributed by atoms with E-state index in [4.69, 9.17) is 4.74 Å². The summed E-state index contributed by atoms with van der Waals surface area (Å²) in [6.07, 6.45) is 0. The van der Waals surface area contributed by atoms with Crippen LogP contribution in [0.2, 0.25) is 0 Å². The van der Waals surface area contributed by atoms with Crippen molar-refractivity contribution in [2.45, 2.75) is 20.4 Å². The Balaban J connectivity index is 1.72. The average molecular weight is 370 g/mol. The SMILES string of the molecule is Cc1cc(C(=O)COc2cccc([N+](=O)[O-])c2)c(C)n1Cc1cccs1. The molecule has 3 aromatic rings. The van der Waals surface area contributed by atoms with Gasteiger partial charge in [0.05, 0.1) is 17.5 Å². The van der Waals surface area contributed by atoms with E-state index in [1.807, 2.05) is 31.4 Å². The van der Waals surface area contributed by atoms with Crippen molar-refractivity contribution in [3.05, 3.63) is 79.8 Å². The van der Waals surface area contributed by atoms with Gasteiger partial charge in [-0.2, -0.15) is 0 Å². The molecule has 7 heteroatoms. The summed E-state index contributed by atoms with van der Waals surface area (Å²) in [6.45, 7) is 4.46. The molecule has 0 saturated heterocycles. The van der Waals surface area contributed by atoms with E-state index in [1.54, 1.807) is 17.4 Å². The molecule has 0 fully saturated rings. The van der Waals surface area contributed by atoms with Crippen molar-refractivity contribution in [3.63, 3.8) is 0 Å². The lowest BCUT2D eigenvalue weighted by molar-refractivity contribution is -0.384. The Morgan fingerprint density at radius 2 is 2.04 bits per heavy atom. The van der Waals surface area contributed by atoms with Gasteiger partial charge in [-0.3, -0.25) is 14.9 Å². The van der Waals surface area contributed by atoms with Crippen molar-refractivity contribution in [1.82, 2.24) is 4.57 Å². The number of thiophene rings is 1. The highest BCUT2D eigenvalue weighted by Gasteiger charge is 2.17. The molecular formula is C19H18N2O4S. The minimum absolute atomic E-state index is 0.0657. The Kier molecular flexibility index (Phi) is 5.18. The molecule has 0 atom stereocenters. The predicted molar refractivity (Wildman–Crippen MR) is 100 cm³/mol. The van der Waals surface area contributed by atoms with Crippen LogP contribution >= 0.6 is 11.3 Å². The molecule has 26 heavy (non-hydrogen) atoms. The Labute approximate surface area is 154 Å². The third-order valence-electron chi connectivity index (χ3n) is 4.17. The van der Waals surface area contributed by atoms with Crippen molar-refractivity contribution < 1.29 is 14.5 Å². The van der Waals surface area contributed by atoms with Crippen molar-refractivity contribution in [2.75, 3.05) is 6.61 Å². The highest BCUT2D eigenvalue weighted by Crippen LogP contribution is 2.22. The summed E-state index contributed by atoms with van der Waals surface area (Å²) in [5.41, 5.74) is 2.45. The number of rotatable bonds is 7. The number of nitro benzene ring substituents is 1. The number of ether oxygens (including phenoxy) is 1. The zero-order chi connectivity index (χ0) is 18.7. The summed E-state index contributed by atoms with van der Waals surface area (Å²) in [7, 11) is 0. The maximum absolute atomic E-state index is 12.6. The van der Waals surface area contributed by atoms with E-state index in [2.05, 4.69) is 10.6 Å². The number of hydrogen-bond donors (Lipinski definition) is 0. The zero-order valence-electron chi connectivity index (χ0n) is 14.5. The number of non-ortho nitro benzene ring substituents is 1. The standard InChI is InChI=1S/C19H18N2O4S/c1-13-9-18(14(2)20(13)11-17-7-4-8-26-17)19(22)12-25-16-6-3-5-15(10-16)21(23)24/h3-10H,11-12H2,1-2H3. The zero-order valence-corrected chi connectivity index (χ0v) is 15.3. The molecule has 2 heterocycles. The quantitative estimate of drug-likeness (QED) is 0.351. The molecule has 0 unspecified atom stereocenters. The van der Waals surface area contributed by atoms with E-state index in [-0.39, 0.29) is 18.1 Å². The molecule has 0 radical (unpaired) electrons. The van der Waals surface area contributed by atoms with Gasteiger partial charge in [0.2, 0.25) is 5.78 Å². The van der Waals surface area contributed by atoms with E-state index in [9.17, 15) is 14.9 Å². The second kappa shape index (κ2) is 7.53. The summed E-state index contributed by atoms with van der Waals surface area (Å²) in [6, 6.07) is 11.8. The van der Waals surface area contributed by atoms with Gasteiger partial charge in [0.1, 0.15) is 5.75 Å². The molecule has 0 amide bonds. The van der Waals surface area contributed by atoms with E-state index >= 15 is 0 Å². The van der Waals surface area contributed by atoms with Gasteiger partial charge >= 0.3 is 0 Å². The van der Waals surface area contributed by atoms with Crippen LogP contribution in [-0.2, 0) is 6.54 Å². The van der Waals surface area contributed by atoms with Crippen molar-refractivity contribution >= 4 is 22.8 Å². The number of aromatic nitrogens is 1. The first-order valence-corrected chi connectivity index (χ1v) is 8.93. The number of carbonyl (C=O) groups excluding carboxylic acids is 1. The molecule has 0 aliphatic heterocycles. The summed E-state index contributed by atoms with van der Waals surface area (Å²) in [5.74, 6) is 0.155. The second-order valence-electron chi connectivity index (χ2n) is 5.92. The first-order chi connectivity index (χ1) is 12.5. The maximum Gasteiger partial charge on any atom is 0.273 e. The van der Waals surface area contributed by atoms with Crippen LogP contribution in [0.3, 0.4) is 0 Å². The number of hydrogen-bond acceptors (Lipinski definition) is 5. The number of Topliss-reactive ketones (excluding diaryl/α,β-unsaturated/α-hetero) is 1. The van der Waals surface area contributed by atoms with Gasteiger partial charge in [0, 0.05) is 27.9 Å². The molecule has 6 nitrogen and oxygen atoms in total. The minimum atomic E-state index is -0.493. The molecule has 0 aliphatic carbocycles. The highest BCUT2D eigenvalue weighted by molar-refractivity contribution is 7.09. The molecule has 2 aromatic heterocycles. The lowest BCUT2D eigenvalue weighted by atomic mass is 10.1. The number of carbonyl (C=O) groups is 1. The Bertz CT molecular complexity index is 945. The molecule has 0 bridgehead atoms. The molecular weight excluding hydrogens is 352 g/mol. The normalized spacial score (nSPS) is 10.7. The number of ketones is 1. The number of aryl methyl sites for hydroxylation is 1. The highest BCUT2D eigenvalue weighted by atomic mass is 32.1. The van der Waals surface area contributed by atoms with E-state index in [0.29, 0.717) is 11.3 Å². The number of benzene rings is 1. The van der Waals surface area contributed by atoms with Crippen LogP contribution in [0.4, 0.5) is 5.69 Å². The van der Waals surface area contributed by atoms with Gasteiger partial charge in [-0.05, 0) is 37.4 Å². The van der Waals surface area contributed by atoms with Crippen LogP contribution in [0, 0.1) is 24.0 Å². The van der Waals surface area contributed by atoms with Crippen LogP contribution in [0.15, 0.2) is 47.8 Å². The Morgan fingerprint density at radius 1 is 1.23 bits per heavy atom. The monoisotopic (exact) mass is 370 g/mol. The fraction of sp³-hybridized carbons (Fsp3) is 0.211. The maximum atomic E-state index is 12.6. The average Bonchev–Trinajstić information content (AvgIpc) is 3.23. The smallest absolute Gasteiger partial charge is 0.273 e. The Hall–Kier alpha value is -2.93. The fourth-order valence-electron chi connectivity index (χ4n) is 2.80. The van der Waals surface area contributed by atoms with Crippen LogP contribution in [-0.4, -0.2) is 21.9 Å². The lowest BCUT2D eigenvalue weighted by Gasteiger charge is -2.09. The van der Waals surface area contributed by atoms with Gasteiger partial charge in [-0.1, -0.05) is 12.1 Å². The van der Waals surface area contributed by atoms with Gasteiger partial charge in [-0.25, -0.2) is 0 Å². The molecule has 134 valence electrons. The van der Waals surface area contributed by atoms with E-state index in [1.165, 1.54) is 23.1 Å². The largest absolute Gasteiger partial charge is 0.485 e. The van der Waals surface area contributed by atoms with Crippen molar-refractivity contribution in [1.29, 1.82) is 0 Å². The third-order valence-corrected chi connectivity index (χ3v) is 5.03. The molecule has 0 N–H and O–H groups in total. The molecule has 0 aliphatic rings. The Morgan fingerprint density at radius 3 is 2.73 bits per heavy atom.